The van der Waals surface area contributed by atoms with Crippen LogP contribution in [0, 0.1) is 11.6 Å². The molecule has 1 aliphatic rings. The molecular weight excluding hydrogens is 465 g/mol. The predicted molar refractivity (Wildman–Crippen MR) is 112 cm³/mol. The zero-order valence-electron chi connectivity index (χ0n) is 14.8. The van der Waals surface area contributed by atoms with Crippen molar-refractivity contribution in [2.75, 3.05) is 25.0 Å². The maximum atomic E-state index is 13.2. The second-order valence-electron chi connectivity index (χ2n) is 5.98. The summed E-state index contributed by atoms with van der Waals surface area (Å²) in [6.07, 6.45) is 0.425. The Morgan fingerprint density at radius 1 is 1.15 bits per heavy atom. The highest BCUT2D eigenvalue weighted by atomic mass is 127. The van der Waals surface area contributed by atoms with Crippen LogP contribution in [0.2, 0.25) is 0 Å². The quantitative estimate of drug-likeness (QED) is 0.389. The molecule has 0 aromatic heterocycles. The molecule has 2 N–H and O–H groups in total. The average Bonchev–Trinajstić information content (AvgIpc) is 2.92. The second-order valence-corrected chi connectivity index (χ2v) is 5.98. The van der Waals surface area contributed by atoms with E-state index in [-0.39, 0.29) is 36.4 Å². The van der Waals surface area contributed by atoms with Crippen molar-refractivity contribution in [2.45, 2.75) is 13.0 Å². The molecule has 144 valence electrons. The molecule has 3 rings (SSSR count). The highest BCUT2D eigenvalue weighted by Gasteiger charge is 2.26. The summed E-state index contributed by atoms with van der Waals surface area (Å²) in [5, 5.41) is 6.10. The predicted octanol–water partition coefficient (Wildman–Crippen LogP) is 2.84. The van der Waals surface area contributed by atoms with E-state index in [1.54, 1.807) is 11.9 Å². The van der Waals surface area contributed by atoms with Gasteiger partial charge < -0.3 is 15.5 Å². The SMILES string of the molecule is CN=C(NCCN1C(=O)Cc2ccccc21)NCc1cc(F)cc(F)c1.I. The highest BCUT2D eigenvalue weighted by Crippen LogP contribution is 2.27. The number of fused-ring (bicyclic) bond motifs is 1. The molecule has 0 saturated heterocycles. The lowest BCUT2D eigenvalue weighted by molar-refractivity contribution is -0.117. The minimum absolute atomic E-state index is 0. The molecule has 0 radical (unpaired) electrons. The number of guanidine groups is 1. The zero-order valence-corrected chi connectivity index (χ0v) is 17.2. The summed E-state index contributed by atoms with van der Waals surface area (Å²) in [6.45, 7) is 1.24. The molecule has 0 saturated carbocycles. The summed E-state index contributed by atoms with van der Waals surface area (Å²) >= 11 is 0. The molecule has 8 heteroatoms. The van der Waals surface area contributed by atoms with Crippen LogP contribution in [-0.4, -0.2) is 32.0 Å². The zero-order chi connectivity index (χ0) is 18.5. The van der Waals surface area contributed by atoms with Gasteiger partial charge in [-0.25, -0.2) is 8.78 Å². The molecule has 5 nitrogen and oxygen atoms in total. The third-order valence-electron chi connectivity index (χ3n) is 4.16. The monoisotopic (exact) mass is 486 g/mol. The Labute approximate surface area is 173 Å². The molecule has 0 spiro atoms. The van der Waals surface area contributed by atoms with E-state index in [4.69, 9.17) is 0 Å². The normalized spacial score (nSPS) is 13.2. The third kappa shape index (κ3) is 5.38. The highest BCUT2D eigenvalue weighted by molar-refractivity contribution is 14.0. The summed E-state index contributed by atoms with van der Waals surface area (Å²) < 4.78 is 26.4. The number of halogens is 3. The van der Waals surface area contributed by atoms with E-state index >= 15 is 0 Å². The maximum absolute atomic E-state index is 13.2. The van der Waals surface area contributed by atoms with Gasteiger partial charge in [0.05, 0.1) is 6.42 Å². The molecule has 2 aromatic carbocycles. The molecule has 1 amide bonds. The average molecular weight is 486 g/mol. The van der Waals surface area contributed by atoms with E-state index in [0.717, 1.165) is 17.3 Å². The Kier molecular flexibility index (Phi) is 7.52. The number of anilines is 1. The van der Waals surface area contributed by atoms with Crippen molar-refractivity contribution in [3.05, 3.63) is 65.2 Å². The molecule has 0 atom stereocenters. The number of carbonyl (C=O) groups excluding carboxylic acids is 1. The molecule has 2 aromatic rings. The summed E-state index contributed by atoms with van der Waals surface area (Å²) in [4.78, 5) is 18.0. The third-order valence-corrected chi connectivity index (χ3v) is 4.16. The Hall–Kier alpha value is -2.23. The van der Waals surface area contributed by atoms with Crippen LogP contribution in [0.25, 0.3) is 0 Å². The number of hydrogen-bond acceptors (Lipinski definition) is 2. The second kappa shape index (κ2) is 9.63. The van der Waals surface area contributed by atoms with Crippen molar-refractivity contribution in [1.29, 1.82) is 0 Å². The van der Waals surface area contributed by atoms with E-state index < -0.39 is 11.6 Å². The number of carbonyl (C=O) groups is 1. The van der Waals surface area contributed by atoms with Crippen LogP contribution in [0.3, 0.4) is 0 Å². The number of benzene rings is 2. The van der Waals surface area contributed by atoms with Gasteiger partial charge in [0, 0.05) is 38.4 Å². The molecule has 27 heavy (non-hydrogen) atoms. The van der Waals surface area contributed by atoms with Gasteiger partial charge in [-0.2, -0.15) is 0 Å². The van der Waals surface area contributed by atoms with Gasteiger partial charge in [-0.3, -0.25) is 9.79 Å². The number of hydrogen-bond donors (Lipinski definition) is 2. The summed E-state index contributed by atoms with van der Waals surface area (Å²) in [6, 6.07) is 11.1. The molecule has 1 aliphatic heterocycles. The lowest BCUT2D eigenvalue weighted by Crippen LogP contribution is -2.42. The number of nitrogens with one attached hydrogen (secondary N) is 2. The van der Waals surface area contributed by atoms with Crippen molar-refractivity contribution in [1.82, 2.24) is 10.6 Å². The molecular formula is C19H21F2IN4O. The standard InChI is InChI=1S/C19H20F2N4O.HI/c1-22-19(24-12-13-8-15(20)11-16(21)9-13)23-6-7-25-17-5-3-2-4-14(17)10-18(25)26;/h2-5,8-9,11H,6-7,10,12H2,1H3,(H2,22,23,24);1H. The first-order chi connectivity index (χ1) is 12.6. The van der Waals surface area contributed by atoms with Crippen molar-refractivity contribution < 1.29 is 13.6 Å². The van der Waals surface area contributed by atoms with Gasteiger partial charge in [-0.05, 0) is 29.3 Å². The van der Waals surface area contributed by atoms with Crippen molar-refractivity contribution >= 4 is 41.5 Å². The van der Waals surface area contributed by atoms with Crippen LogP contribution in [0.5, 0.6) is 0 Å². The van der Waals surface area contributed by atoms with Crippen molar-refractivity contribution in [3.63, 3.8) is 0 Å². The lowest BCUT2D eigenvalue weighted by atomic mass is 10.2. The first kappa shape index (κ1) is 21.1. The molecule has 0 fully saturated rings. The van der Waals surface area contributed by atoms with E-state index in [1.165, 1.54) is 12.1 Å². The van der Waals surface area contributed by atoms with Gasteiger partial charge in [0.25, 0.3) is 0 Å². The van der Waals surface area contributed by atoms with Crippen LogP contribution in [-0.2, 0) is 17.8 Å². The van der Waals surface area contributed by atoms with Crippen LogP contribution < -0.4 is 15.5 Å². The van der Waals surface area contributed by atoms with Crippen LogP contribution >= 0.6 is 24.0 Å². The number of rotatable bonds is 5. The largest absolute Gasteiger partial charge is 0.355 e. The van der Waals surface area contributed by atoms with Crippen molar-refractivity contribution in [3.8, 4) is 0 Å². The van der Waals surface area contributed by atoms with E-state index in [2.05, 4.69) is 15.6 Å². The topological polar surface area (TPSA) is 56.7 Å². The smallest absolute Gasteiger partial charge is 0.231 e. The fraction of sp³-hybridized carbons (Fsp3) is 0.263. The van der Waals surface area contributed by atoms with E-state index in [1.807, 2.05) is 24.3 Å². The van der Waals surface area contributed by atoms with Gasteiger partial charge in [0.1, 0.15) is 11.6 Å². The minimum atomic E-state index is -0.615. The fourth-order valence-electron chi connectivity index (χ4n) is 2.97. The number of nitrogens with zero attached hydrogens (tertiary/aromatic N) is 2. The summed E-state index contributed by atoms with van der Waals surface area (Å²) in [5.74, 6) is -0.660. The van der Waals surface area contributed by atoms with Gasteiger partial charge >= 0.3 is 0 Å². The Balaban J connectivity index is 0.00000261. The number of amides is 1. The Bertz CT molecular complexity index is 824. The van der Waals surface area contributed by atoms with Gasteiger partial charge in [-0.1, -0.05) is 18.2 Å². The summed E-state index contributed by atoms with van der Waals surface area (Å²) in [7, 11) is 1.61. The van der Waals surface area contributed by atoms with Gasteiger partial charge in [0.2, 0.25) is 5.91 Å². The summed E-state index contributed by atoms with van der Waals surface area (Å²) in [5.41, 5.74) is 2.46. The van der Waals surface area contributed by atoms with Crippen LogP contribution in [0.1, 0.15) is 11.1 Å². The fourth-order valence-corrected chi connectivity index (χ4v) is 2.97. The lowest BCUT2D eigenvalue weighted by Gasteiger charge is -2.19. The first-order valence-corrected chi connectivity index (χ1v) is 8.34. The minimum Gasteiger partial charge on any atom is -0.355 e. The van der Waals surface area contributed by atoms with Gasteiger partial charge in [-0.15, -0.1) is 24.0 Å². The van der Waals surface area contributed by atoms with E-state index in [0.29, 0.717) is 31.0 Å². The van der Waals surface area contributed by atoms with Crippen molar-refractivity contribution in [2.24, 2.45) is 4.99 Å². The number of aliphatic imine (C=N–C) groups is 1. The first-order valence-electron chi connectivity index (χ1n) is 8.34. The molecule has 0 bridgehead atoms. The molecule has 0 unspecified atom stereocenters. The Morgan fingerprint density at radius 3 is 2.56 bits per heavy atom. The Morgan fingerprint density at radius 2 is 1.85 bits per heavy atom. The van der Waals surface area contributed by atoms with Crippen LogP contribution in [0.4, 0.5) is 14.5 Å². The van der Waals surface area contributed by atoms with Crippen LogP contribution in [0.15, 0.2) is 47.5 Å². The molecule has 0 aliphatic carbocycles. The molecule has 1 heterocycles. The maximum Gasteiger partial charge on any atom is 0.231 e. The van der Waals surface area contributed by atoms with E-state index in [9.17, 15) is 13.6 Å². The number of para-hydroxylation sites is 1. The van der Waals surface area contributed by atoms with Gasteiger partial charge in [0.15, 0.2) is 5.96 Å².